The van der Waals surface area contributed by atoms with Crippen molar-refractivity contribution in [3.63, 3.8) is 0 Å². The molecule has 0 radical (unpaired) electrons. The summed E-state index contributed by atoms with van der Waals surface area (Å²) >= 11 is 5.23. The first-order valence-corrected chi connectivity index (χ1v) is 5.76. The van der Waals surface area contributed by atoms with E-state index in [0.29, 0.717) is 22.3 Å². The van der Waals surface area contributed by atoms with Crippen LogP contribution in [0.1, 0.15) is 32.1 Å². The summed E-state index contributed by atoms with van der Waals surface area (Å²) in [6, 6.07) is 0.399. The number of nitrogens with zero attached hydrogens (tertiary/aromatic N) is 2. The lowest BCUT2D eigenvalue weighted by Crippen LogP contribution is -2.43. The molecular formula is C11H15N3S. The van der Waals surface area contributed by atoms with Crippen LogP contribution in [0, 0.1) is 5.41 Å². The van der Waals surface area contributed by atoms with Crippen molar-refractivity contribution in [3.05, 3.63) is 12.2 Å². The molecule has 0 atom stereocenters. The van der Waals surface area contributed by atoms with Crippen LogP contribution in [-0.2, 0) is 0 Å². The van der Waals surface area contributed by atoms with Gasteiger partial charge >= 0.3 is 0 Å². The molecule has 0 saturated heterocycles. The van der Waals surface area contributed by atoms with Gasteiger partial charge in [-0.1, -0.05) is 38.1 Å². The molecule has 1 fully saturated rings. The fraction of sp³-hybridized carbons (Fsp3) is 0.545. The maximum atomic E-state index is 7.78. The van der Waals surface area contributed by atoms with Crippen LogP contribution in [0.25, 0.3) is 0 Å². The largest absolute Gasteiger partial charge is 0.297 e. The van der Waals surface area contributed by atoms with E-state index in [9.17, 15) is 0 Å². The second-order valence-electron chi connectivity index (χ2n) is 4.09. The Bertz CT molecular complexity index is 340. The van der Waals surface area contributed by atoms with E-state index in [-0.39, 0.29) is 0 Å². The first-order valence-electron chi connectivity index (χ1n) is 5.35. The summed E-state index contributed by atoms with van der Waals surface area (Å²) in [4.78, 5) is 0.536. The van der Waals surface area contributed by atoms with Crippen LogP contribution >= 0.6 is 12.2 Å². The Morgan fingerprint density at radius 3 is 2.73 bits per heavy atom. The summed E-state index contributed by atoms with van der Waals surface area (Å²) in [5.41, 5.74) is 0.970. The highest BCUT2D eigenvalue weighted by atomic mass is 32.1. The minimum absolute atomic E-state index is 0.352. The molecule has 0 amide bonds. The zero-order valence-corrected chi connectivity index (χ0v) is 9.52. The van der Waals surface area contributed by atoms with Gasteiger partial charge in [-0.2, -0.15) is 5.10 Å². The molecule has 80 valence electrons. The standard InChI is InChI=1S/C11H15N3S/c1-8-7-13-14(11(15)10(8)12)9-5-3-2-4-6-9/h7,9,12H,1-6H2. The Morgan fingerprint density at radius 1 is 1.40 bits per heavy atom. The first kappa shape index (κ1) is 10.5. The first-order chi connectivity index (χ1) is 7.20. The van der Waals surface area contributed by atoms with Crippen LogP contribution < -0.4 is 0 Å². The average Bonchev–Trinajstić information content (AvgIpc) is 2.27. The molecule has 2 aliphatic rings. The van der Waals surface area contributed by atoms with Crippen LogP contribution in [0.4, 0.5) is 0 Å². The molecule has 1 saturated carbocycles. The van der Waals surface area contributed by atoms with Gasteiger partial charge in [0.1, 0.15) is 4.99 Å². The Kier molecular flexibility index (Phi) is 2.95. The van der Waals surface area contributed by atoms with Crippen molar-refractivity contribution in [2.75, 3.05) is 0 Å². The lowest BCUT2D eigenvalue weighted by molar-refractivity contribution is 0.257. The molecule has 1 aliphatic carbocycles. The molecule has 0 aromatic rings. The highest BCUT2D eigenvalue weighted by Gasteiger charge is 2.27. The molecule has 3 nitrogen and oxygen atoms in total. The second-order valence-corrected chi connectivity index (χ2v) is 4.47. The van der Waals surface area contributed by atoms with E-state index in [0.717, 1.165) is 12.8 Å². The van der Waals surface area contributed by atoms with Crippen molar-refractivity contribution in [1.82, 2.24) is 5.01 Å². The molecule has 0 bridgehead atoms. The lowest BCUT2D eigenvalue weighted by atomic mass is 9.94. The van der Waals surface area contributed by atoms with Gasteiger partial charge in [0, 0.05) is 5.57 Å². The number of hydrogen-bond donors (Lipinski definition) is 1. The normalized spacial score (nSPS) is 23.7. The highest BCUT2D eigenvalue weighted by molar-refractivity contribution is 7.82. The number of hydrazone groups is 1. The third kappa shape index (κ3) is 2.00. The van der Waals surface area contributed by atoms with Gasteiger partial charge < -0.3 is 0 Å². The Balaban J connectivity index is 2.15. The smallest absolute Gasteiger partial charge is 0.148 e. The van der Waals surface area contributed by atoms with Gasteiger partial charge in [-0.25, -0.2) is 5.01 Å². The van der Waals surface area contributed by atoms with Crippen molar-refractivity contribution < 1.29 is 0 Å². The maximum Gasteiger partial charge on any atom is 0.148 e. The van der Waals surface area contributed by atoms with Crippen molar-refractivity contribution in [2.45, 2.75) is 38.1 Å². The quantitative estimate of drug-likeness (QED) is 0.691. The van der Waals surface area contributed by atoms with Gasteiger partial charge in [-0.15, -0.1) is 0 Å². The van der Waals surface area contributed by atoms with Gasteiger partial charge in [0.25, 0.3) is 0 Å². The maximum absolute atomic E-state index is 7.78. The molecule has 0 aromatic heterocycles. The van der Waals surface area contributed by atoms with E-state index in [4.69, 9.17) is 17.6 Å². The van der Waals surface area contributed by atoms with Crippen molar-refractivity contribution in [3.8, 4) is 0 Å². The van der Waals surface area contributed by atoms with Crippen LogP contribution in [0.15, 0.2) is 17.3 Å². The van der Waals surface area contributed by atoms with Gasteiger partial charge in [-0.05, 0) is 12.8 Å². The summed E-state index contributed by atoms with van der Waals surface area (Å²) < 4.78 is 0. The molecule has 2 rings (SSSR count). The molecule has 1 heterocycles. The molecular weight excluding hydrogens is 206 g/mol. The number of nitrogens with one attached hydrogen (secondary N) is 1. The van der Waals surface area contributed by atoms with E-state index in [2.05, 4.69) is 11.7 Å². The van der Waals surface area contributed by atoms with Crippen molar-refractivity contribution >= 4 is 29.1 Å². The SMILES string of the molecule is C=C1C=NN(C2CCCCC2)C(=S)C1=N. The van der Waals surface area contributed by atoms with Crippen LogP contribution in [0.5, 0.6) is 0 Å². The molecule has 0 unspecified atom stereocenters. The van der Waals surface area contributed by atoms with Gasteiger partial charge in [0.05, 0.1) is 18.0 Å². The number of hydrogen-bond acceptors (Lipinski definition) is 3. The summed E-state index contributed by atoms with van der Waals surface area (Å²) in [5.74, 6) is 0. The topological polar surface area (TPSA) is 39.5 Å². The van der Waals surface area contributed by atoms with Crippen molar-refractivity contribution in [1.29, 1.82) is 5.41 Å². The molecule has 15 heavy (non-hydrogen) atoms. The van der Waals surface area contributed by atoms with Gasteiger partial charge in [-0.3, -0.25) is 5.41 Å². The molecule has 4 heteroatoms. The van der Waals surface area contributed by atoms with E-state index >= 15 is 0 Å². The van der Waals surface area contributed by atoms with E-state index in [1.807, 2.05) is 5.01 Å². The lowest BCUT2D eigenvalue weighted by Gasteiger charge is -2.34. The molecule has 0 spiro atoms. The summed E-state index contributed by atoms with van der Waals surface area (Å²) in [6.45, 7) is 3.74. The summed E-state index contributed by atoms with van der Waals surface area (Å²) in [6.07, 6.45) is 7.72. The van der Waals surface area contributed by atoms with Gasteiger partial charge in [0.15, 0.2) is 0 Å². The highest BCUT2D eigenvalue weighted by Crippen LogP contribution is 2.25. The third-order valence-corrected chi connectivity index (χ3v) is 3.39. The molecule has 1 aliphatic heterocycles. The van der Waals surface area contributed by atoms with Gasteiger partial charge in [0.2, 0.25) is 0 Å². The molecule has 0 aromatic carbocycles. The Hall–Kier alpha value is -1.03. The third-order valence-electron chi connectivity index (χ3n) is 3.00. The Morgan fingerprint density at radius 2 is 2.07 bits per heavy atom. The zero-order chi connectivity index (χ0) is 10.8. The fourth-order valence-electron chi connectivity index (χ4n) is 2.09. The summed E-state index contributed by atoms with van der Waals surface area (Å²) in [5, 5.41) is 13.9. The van der Waals surface area contributed by atoms with E-state index in [1.165, 1.54) is 19.3 Å². The Labute approximate surface area is 95.4 Å². The fourth-order valence-corrected chi connectivity index (χ4v) is 2.41. The molecule has 1 N–H and O–H groups in total. The predicted molar refractivity (Wildman–Crippen MR) is 66.7 cm³/mol. The number of rotatable bonds is 1. The van der Waals surface area contributed by atoms with Crippen LogP contribution in [0.2, 0.25) is 0 Å². The van der Waals surface area contributed by atoms with E-state index in [1.54, 1.807) is 6.21 Å². The second kappa shape index (κ2) is 4.23. The predicted octanol–water partition coefficient (Wildman–Crippen LogP) is 2.52. The van der Waals surface area contributed by atoms with E-state index < -0.39 is 0 Å². The van der Waals surface area contributed by atoms with Crippen molar-refractivity contribution in [2.24, 2.45) is 5.10 Å². The minimum atomic E-state index is 0.352. The van der Waals surface area contributed by atoms with Crippen LogP contribution in [-0.4, -0.2) is 28.0 Å². The number of thiocarbonyl (C=S) groups is 1. The van der Waals surface area contributed by atoms with Crippen LogP contribution in [0.3, 0.4) is 0 Å². The monoisotopic (exact) mass is 221 g/mol. The zero-order valence-electron chi connectivity index (χ0n) is 8.70. The minimum Gasteiger partial charge on any atom is -0.297 e. The summed E-state index contributed by atoms with van der Waals surface area (Å²) in [7, 11) is 0. The average molecular weight is 221 g/mol.